The van der Waals surface area contributed by atoms with Crippen LogP contribution in [0.1, 0.15) is 64.9 Å². The number of fused-ring (bicyclic) bond motifs is 1. The van der Waals surface area contributed by atoms with Crippen molar-refractivity contribution in [1.82, 2.24) is 4.72 Å². The predicted molar refractivity (Wildman–Crippen MR) is 264 cm³/mol. The molecule has 5 N–H and O–H groups in total. The summed E-state index contributed by atoms with van der Waals surface area (Å²) in [5.41, 5.74) is 11.6. The molecular weight excluding hydrogens is 813 g/mol. The summed E-state index contributed by atoms with van der Waals surface area (Å²) in [5.74, 6) is -0.0779. The predicted octanol–water partition coefficient (Wildman–Crippen LogP) is 10.1. The van der Waals surface area contributed by atoms with Crippen molar-refractivity contribution in [3.05, 3.63) is 163 Å². The molecule has 6 aromatic rings. The van der Waals surface area contributed by atoms with E-state index in [2.05, 4.69) is 20.0 Å². The number of anilines is 4. The Labute approximate surface area is 374 Å². The molecule has 0 bridgehead atoms. The number of hydrogen-bond donors (Lipinski definition) is 4. The van der Waals surface area contributed by atoms with Crippen LogP contribution in [-0.2, 0) is 19.6 Å². The first-order valence-corrected chi connectivity index (χ1v) is 21.2. The molecule has 2 amide bonds. The Morgan fingerprint density at radius 2 is 1.37 bits per heavy atom. The number of hydrazone groups is 1. The molecule has 0 radical (unpaired) electrons. The van der Waals surface area contributed by atoms with Crippen LogP contribution in [0.3, 0.4) is 0 Å². The molecule has 0 aromatic heterocycles. The van der Waals surface area contributed by atoms with Crippen molar-refractivity contribution in [2.45, 2.75) is 55.9 Å². The minimum atomic E-state index is -3.12. The number of aryl methyl sites for hydroxylation is 1. The lowest BCUT2D eigenvalue weighted by Crippen LogP contribution is -2.34. The molecule has 0 atom stereocenters. The first-order valence-electron chi connectivity index (χ1n) is 19.3. The third kappa shape index (κ3) is 18.4. The Kier molecular flexibility index (Phi) is 23.4. The molecular formula is C50H64N6O6S. The molecule has 1 aliphatic rings. The van der Waals surface area contributed by atoms with Crippen LogP contribution >= 0.6 is 0 Å². The van der Waals surface area contributed by atoms with E-state index in [9.17, 15) is 27.9 Å². The average Bonchev–Trinajstić information content (AvgIpc) is 3.59. The Morgan fingerprint density at radius 3 is 1.92 bits per heavy atom. The van der Waals surface area contributed by atoms with Gasteiger partial charge in [-0.2, -0.15) is 5.10 Å². The summed E-state index contributed by atoms with van der Waals surface area (Å²) in [7, 11) is -3.12. The lowest BCUT2D eigenvalue weighted by atomic mass is 10.1. The zero-order valence-electron chi connectivity index (χ0n) is 34.3. The van der Waals surface area contributed by atoms with E-state index < -0.39 is 10.0 Å². The number of aromatic hydroxyl groups is 1. The number of phenolic OH excluding ortho intramolecular Hbond substituents is 1. The average molecular weight is 877 g/mol. The molecule has 12 nitrogen and oxygen atoms in total. The molecule has 6 aromatic carbocycles. The van der Waals surface area contributed by atoms with Gasteiger partial charge in [-0.1, -0.05) is 125 Å². The highest BCUT2D eigenvalue weighted by molar-refractivity contribution is 7.88. The summed E-state index contributed by atoms with van der Waals surface area (Å²) in [6.07, 6.45) is 1.46. The van der Waals surface area contributed by atoms with Gasteiger partial charge in [0.25, 0.3) is 5.91 Å². The van der Waals surface area contributed by atoms with Crippen LogP contribution in [-0.4, -0.2) is 62.7 Å². The number of likely N-dealkylation sites (N-methyl/N-ethyl adjacent to an activating group) is 1. The summed E-state index contributed by atoms with van der Waals surface area (Å²) in [6.45, 7) is 7.70. The number of ketones is 1. The minimum absolute atomic E-state index is 0. The monoisotopic (exact) mass is 876 g/mol. The van der Waals surface area contributed by atoms with Crippen LogP contribution < -0.4 is 25.7 Å². The summed E-state index contributed by atoms with van der Waals surface area (Å²) in [4.78, 5) is 36.9. The smallest absolute Gasteiger partial charge is 0.253 e. The summed E-state index contributed by atoms with van der Waals surface area (Å²) >= 11 is 0. The van der Waals surface area contributed by atoms with Gasteiger partial charge in [0.1, 0.15) is 5.75 Å². The van der Waals surface area contributed by atoms with Crippen molar-refractivity contribution in [3.63, 3.8) is 0 Å². The van der Waals surface area contributed by atoms with Gasteiger partial charge in [0.2, 0.25) is 15.9 Å². The minimum Gasteiger partial charge on any atom is -0.507 e. The molecule has 0 unspecified atom stereocenters. The number of carbonyl (C=O) groups excluding carboxylic acids is 3. The molecule has 1 heterocycles. The zero-order valence-corrected chi connectivity index (χ0v) is 35.1. The van der Waals surface area contributed by atoms with E-state index in [-0.39, 0.29) is 46.3 Å². The van der Waals surface area contributed by atoms with Crippen molar-refractivity contribution >= 4 is 66.9 Å². The molecule has 7 rings (SSSR count). The Balaban J connectivity index is 0.000000420. The van der Waals surface area contributed by atoms with Crippen LogP contribution in [0, 0.1) is 6.92 Å². The van der Waals surface area contributed by atoms with Crippen LogP contribution in [0.15, 0.2) is 157 Å². The molecule has 0 saturated carbocycles. The fourth-order valence-corrected chi connectivity index (χ4v) is 6.29. The number of nitrogens with one attached hydrogen (secondary N) is 2. The Bertz CT molecular complexity index is 2460. The quantitative estimate of drug-likeness (QED) is 0.0565. The third-order valence-electron chi connectivity index (χ3n) is 8.90. The van der Waals surface area contributed by atoms with Crippen molar-refractivity contribution in [2.24, 2.45) is 5.10 Å². The summed E-state index contributed by atoms with van der Waals surface area (Å²) in [6, 6.07) is 46.5. The highest BCUT2D eigenvalue weighted by Gasteiger charge is 2.22. The van der Waals surface area contributed by atoms with Crippen molar-refractivity contribution in [1.29, 1.82) is 0 Å². The molecule has 0 fully saturated rings. The highest BCUT2D eigenvalue weighted by Crippen LogP contribution is 2.23. The van der Waals surface area contributed by atoms with Gasteiger partial charge in [-0.25, -0.2) is 18.1 Å². The largest absolute Gasteiger partial charge is 0.507 e. The fourth-order valence-electron chi connectivity index (χ4n) is 5.83. The van der Waals surface area contributed by atoms with Crippen LogP contribution in [0.2, 0.25) is 0 Å². The Morgan fingerprint density at radius 1 is 0.794 bits per heavy atom. The normalized spacial score (nSPS) is 11.2. The van der Waals surface area contributed by atoms with Crippen molar-refractivity contribution < 1.29 is 27.9 Å². The van der Waals surface area contributed by atoms with E-state index in [0.717, 1.165) is 51.9 Å². The number of sulfonamides is 1. The molecule has 336 valence electrons. The summed E-state index contributed by atoms with van der Waals surface area (Å²) in [5, 5.41) is 19.6. The topological polar surface area (TPSA) is 174 Å². The number of carbonyl (C=O) groups is 3. The van der Waals surface area contributed by atoms with E-state index in [4.69, 9.17) is 5.73 Å². The maximum absolute atomic E-state index is 11.8. The second-order valence-electron chi connectivity index (χ2n) is 13.7. The number of rotatable bonds is 11. The first kappa shape index (κ1) is 54.2. The van der Waals surface area contributed by atoms with Gasteiger partial charge in [0, 0.05) is 53.4 Å². The molecule has 0 aliphatic carbocycles. The lowest BCUT2D eigenvalue weighted by molar-refractivity contribution is -0.117. The number of Topliss-reactive ketones (excluding diaryl/α,β-unsaturated/α-hetero) is 1. The second-order valence-corrected chi connectivity index (χ2v) is 15.6. The highest BCUT2D eigenvalue weighted by atomic mass is 32.2. The summed E-state index contributed by atoms with van der Waals surface area (Å²) < 4.78 is 24.5. The number of nitrogen functional groups attached to an aromatic ring is 1. The van der Waals surface area contributed by atoms with Crippen LogP contribution in [0.5, 0.6) is 5.75 Å². The van der Waals surface area contributed by atoms with Crippen LogP contribution in [0.25, 0.3) is 10.8 Å². The van der Waals surface area contributed by atoms with E-state index in [1.165, 1.54) is 5.01 Å². The lowest BCUT2D eigenvalue weighted by Gasteiger charge is -2.23. The number of phenols is 1. The van der Waals surface area contributed by atoms with Crippen molar-refractivity contribution in [2.75, 3.05) is 46.8 Å². The van der Waals surface area contributed by atoms with Gasteiger partial charge in [-0.3, -0.25) is 14.4 Å². The van der Waals surface area contributed by atoms with Gasteiger partial charge in [0.15, 0.2) is 5.78 Å². The standard InChI is InChI=1S/C15H13NO2.C12H21N3O2S.C10H10N2O.C10H8O.3CH4/c17-14(12-7-3-1-4-8-12)11-15(18)16-13-9-5-2-6-10-13;1-4-15(8-7-14-18(3,16)17)11-5-6-12(13)10(2)9-11;1-8-7-10(13)12(11-8)9-5-3-2-4-6-9;11-10-7-3-5-8-4-1-2-6-9(8)10;;;/h1-10H,11H2,(H,16,18);5-6,9,14H,4,7-8,13H2,1-3H3;2-6H,7H2,1H3;1-7,11H;3*1H4. The fraction of sp³-hybridized carbons (Fsp3) is 0.240. The van der Waals surface area contributed by atoms with Gasteiger partial charge >= 0.3 is 0 Å². The molecule has 63 heavy (non-hydrogen) atoms. The van der Waals surface area contributed by atoms with Crippen molar-refractivity contribution in [3.8, 4) is 5.75 Å². The number of hydrogen-bond acceptors (Lipinski definition) is 9. The van der Waals surface area contributed by atoms with E-state index in [1.54, 1.807) is 42.5 Å². The maximum atomic E-state index is 11.8. The Hall–Kier alpha value is -6.83. The number of amides is 2. The molecule has 13 heteroatoms. The molecule has 1 aliphatic heterocycles. The number of benzene rings is 6. The maximum Gasteiger partial charge on any atom is 0.253 e. The molecule has 0 saturated heterocycles. The van der Waals surface area contributed by atoms with Gasteiger partial charge in [-0.05, 0) is 80.3 Å². The van der Waals surface area contributed by atoms with E-state index >= 15 is 0 Å². The van der Waals surface area contributed by atoms with E-state index in [0.29, 0.717) is 36.5 Å². The number of para-hydroxylation sites is 2. The zero-order chi connectivity index (χ0) is 43.5. The molecule has 0 spiro atoms. The SMILES string of the molecule is C.C.C.CC1=NN(c2ccccc2)C(=O)C1.CCN(CCNS(C)(=O)=O)c1ccc(N)c(C)c1.O=C(CC(=O)c1ccccc1)Nc1ccccc1.Oc1cccc2ccccc12. The van der Waals surface area contributed by atoms with Gasteiger partial charge in [-0.15, -0.1) is 0 Å². The second kappa shape index (κ2) is 27.2. The van der Waals surface area contributed by atoms with Crippen LogP contribution in [0.4, 0.5) is 22.7 Å². The van der Waals surface area contributed by atoms with Gasteiger partial charge < -0.3 is 21.1 Å². The third-order valence-corrected chi connectivity index (χ3v) is 9.63. The van der Waals surface area contributed by atoms with E-state index in [1.807, 2.05) is 130 Å². The first-order chi connectivity index (χ1) is 28.7. The van der Waals surface area contributed by atoms with Gasteiger partial charge in [0.05, 0.1) is 24.8 Å². The number of nitrogens with two attached hydrogens (primary N) is 1. The number of nitrogens with zero attached hydrogens (tertiary/aromatic N) is 3.